The summed E-state index contributed by atoms with van der Waals surface area (Å²) in [6.45, 7) is -0.707. The quantitative estimate of drug-likeness (QED) is 0.474. The van der Waals surface area contributed by atoms with Crippen molar-refractivity contribution in [1.82, 2.24) is 0 Å². The van der Waals surface area contributed by atoms with E-state index >= 15 is 0 Å². The number of hydrogen-bond donors (Lipinski definition) is 1. The van der Waals surface area contributed by atoms with Gasteiger partial charge in [0, 0.05) is 0 Å². The van der Waals surface area contributed by atoms with Crippen LogP contribution in [0, 0.1) is 17.5 Å². The molecule has 0 saturated carbocycles. The molecule has 0 bridgehead atoms. The molecule has 0 saturated heterocycles. The van der Waals surface area contributed by atoms with Gasteiger partial charge in [0.15, 0.2) is 24.1 Å². The molecule has 1 N–H and O–H groups in total. The van der Waals surface area contributed by atoms with Crippen LogP contribution in [0.4, 0.5) is 18.9 Å². The number of para-hydroxylation sites is 1. The van der Waals surface area contributed by atoms with Crippen LogP contribution in [0.5, 0.6) is 5.75 Å². The van der Waals surface area contributed by atoms with Crippen molar-refractivity contribution in [3.05, 3.63) is 83.6 Å². The van der Waals surface area contributed by atoms with Gasteiger partial charge in [-0.1, -0.05) is 18.2 Å². The number of benzene rings is 2. The number of anilines is 1. The molecule has 0 spiro atoms. The summed E-state index contributed by atoms with van der Waals surface area (Å²) in [5.41, 5.74) is -0.580. The van der Waals surface area contributed by atoms with Gasteiger partial charge in [0.2, 0.25) is 5.76 Å². The fraction of sp³-hybridized carbons (Fsp3) is 0.100. The minimum atomic E-state index is -1.72. The van der Waals surface area contributed by atoms with Gasteiger partial charge in [0.25, 0.3) is 5.91 Å². The van der Waals surface area contributed by atoms with Crippen molar-refractivity contribution < 1.29 is 36.7 Å². The summed E-state index contributed by atoms with van der Waals surface area (Å²) in [5, 5.41) is 1.98. The Hall–Kier alpha value is -3.75. The maximum atomic E-state index is 13.5. The molecule has 0 atom stereocenters. The van der Waals surface area contributed by atoms with Crippen LogP contribution in [0.1, 0.15) is 16.3 Å². The van der Waals surface area contributed by atoms with E-state index in [-0.39, 0.29) is 12.4 Å². The molecule has 3 aromatic rings. The molecule has 0 radical (unpaired) electrons. The first-order chi connectivity index (χ1) is 13.9. The second kappa shape index (κ2) is 8.96. The van der Waals surface area contributed by atoms with Gasteiger partial charge >= 0.3 is 5.97 Å². The van der Waals surface area contributed by atoms with Crippen LogP contribution in [0.2, 0.25) is 0 Å². The predicted molar refractivity (Wildman–Crippen MR) is 94.7 cm³/mol. The average Bonchev–Trinajstić information content (AvgIpc) is 3.21. The highest BCUT2D eigenvalue weighted by Gasteiger charge is 2.18. The molecule has 1 aromatic heterocycles. The number of hydrogen-bond acceptors (Lipinski definition) is 5. The number of nitrogens with one attached hydrogen (secondary N) is 1. The molecule has 0 unspecified atom stereocenters. The zero-order valence-corrected chi connectivity index (χ0v) is 14.8. The maximum Gasteiger partial charge on any atom is 0.374 e. The molecule has 0 fully saturated rings. The van der Waals surface area contributed by atoms with Crippen LogP contribution in [-0.4, -0.2) is 18.5 Å². The van der Waals surface area contributed by atoms with Crippen molar-refractivity contribution >= 4 is 17.6 Å². The molecule has 6 nitrogen and oxygen atoms in total. The number of furan rings is 1. The Morgan fingerprint density at radius 1 is 0.931 bits per heavy atom. The Balaban J connectivity index is 1.50. The number of carbonyl (C=O) groups is 2. The van der Waals surface area contributed by atoms with Crippen LogP contribution >= 0.6 is 0 Å². The average molecular weight is 405 g/mol. The number of carbonyl (C=O) groups excluding carboxylic acids is 2. The van der Waals surface area contributed by atoms with E-state index in [2.05, 4.69) is 0 Å². The van der Waals surface area contributed by atoms with Crippen molar-refractivity contribution in [2.24, 2.45) is 0 Å². The molecule has 3 rings (SSSR count). The van der Waals surface area contributed by atoms with Crippen LogP contribution < -0.4 is 10.1 Å². The largest absolute Gasteiger partial charge is 0.486 e. The molecule has 150 valence electrons. The van der Waals surface area contributed by atoms with Crippen LogP contribution in [-0.2, 0) is 16.1 Å². The van der Waals surface area contributed by atoms with Crippen molar-refractivity contribution in [3.63, 3.8) is 0 Å². The SMILES string of the molecule is O=C(COC(=O)c1ccc(COc2ccccc2)o1)Nc1ccc(F)c(F)c1F. The summed E-state index contributed by atoms with van der Waals surface area (Å²) in [5.74, 6) is -5.73. The van der Waals surface area contributed by atoms with E-state index in [0.29, 0.717) is 17.6 Å². The topological polar surface area (TPSA) is 77.8 Å². The molecule has 0 aliphatic carbocycles. The van der Waals surface area contributed by atoms with E-state index in [1.165, 1.54) is 12.1 Å². The number of rotatable bonds is 7. The summed E-state index contributed by atoms with van der Waals surface area (Å²) in [7, 11) is 0. The standard InChI is InChI=1S/C20H14F3NO5/c21-14-7-8-15(19(23)18(14)22)24-17(25)11-28-20(26)16-9-6-13(29-16)10-27-12-4-2-1-3-5-12/h1-9H,10-11H2,(H,24,25). The summed E-state index contributed by atoms with van der Waals surface area (Å²) in [6, 6.07) is 13.3. The fourth-order valence-corrected chi connectivity index (χ4v) is 2.25. The second-order valence-electron chi connectivity index (χ2n) is 5.71. The lowest BCUT2D eigenvalue weighted by atomic mass is 10.3. The van der Waals surface area contributed by atoms with Crippen LogP contribution in [0.25, 0.3) is 0 Å². The molecule has 9 heteroatoms. The van der Waals surface area contributed by atoms with E-state index in [0.717, 1.165) is 6.07 Å². The molecule has 0 aliphatic rings. The Kier molecular flexibility index (Phi) is 6.18. The first-order valence-electron chi connectivity index (χ1n) is 8.31. The van der Waals surface area contributed by atoms with Crippen LogP contribution in [0.3, 0.4) is 0 Å². The number of amides is 1. The first-order valence-corrected chi connectivity index (χ1v) is 8.31. The maximum absolute atomic E-state index is 13.5. The lowest BCUT2D eigenvalue weighted by molar-refractivity contribution is -0.119. The Bertz CT molecular complexity index is 1020. The minimum Gasteiger partial charge on any atom is -0.486 e. The predicted octanol–water partition coefficient (Wildman–Crippen LogP) is 4.07. The smallest absolute Gasteiger partial charge is 0.374 e. The van der Waals surface area contributed by atoms with Gasteiger partial charge in [-0.2, -0.15) is 0 Å². The number of ether oxygens (including phenoxy) is 2. The van der Waals surface area contributed by atoms with Gasteiger partial charge in [-0.25, -0.2) is 18.0 Å². The van der Waals surface area contributed by atoms with Gasteiger partial charge < -0.3 is 19.2 Å². The van der Waals surface area contributed by atoms with Crippen molar-refractivity contribution in [1.29, 1.82) is 0 Å². The second-order valence-corrected chi connectivity index (χ2v) is 5.71. The minimum absolute atomic E-state index is 0.0766. The highest BCUT2D eigenvalue weighted by molar-refractivity contribution is 5.94. The molecule has 2 aromatic carbocycles. The highest BCUT2D eigenvalue weighted by atomic mass is 19.2. The third kappa shape index (κ3) is 5.16. The van der Waals surface area contributed by atoms with Crippen molar-refractivity contribution in [2.75, 3.05) is 11.9 Å². The Morgan fingerprint density at radius 3 is 2.45 bits per heavy atom. The summed E-state index contributed by atoms with van der Waals surface area (Å²) < 4.78 is 55.1. The Morgan fingerprint density at radius 2 is 1.69 bits per heavy atom. The monoisotopic (exact) mass is 405 g/mol. The van der Waals surface area contributed by atoms with Gasteiger partial charge in [-0.05, 0) is 36.4 Å². The van der Waals surface area contributed by atoms with E-state index in [4.69, 9.17) is 13.9 Å². The van der Waals surface area contributed by atoms with Gasteiger partial charge in [0.1, 0.15) is 18.1 Å². The highest BCUT2D eigenvalue weighted by Crippen LogP contribution is 2.19. The number of esters is 1. The Labute approximate surface area is 162 Å². The molecule has 29 heavy (non-hydrogen) atoms. The third-order valence-corrected chi connectivity index (χ3v) is 3.63. The summed E-state index contributed by atoms with van der Waals surface area (Å²) >= 11 is 0. The van der Waals surface area contributed by atoms with E-state index in [1.54, 1.807) is 24.3 Å². The first kappa shape index (κ1) is 20.0. The van der Waals surface area contributed by atoms with E-state index in [9.17, 15) is 22.8 Å². The zero-order chi connectivity index (χ0) is 20.8. The molecular weight excluding hydrogens is 391 g/mol. The van der Waals surface area contributed by atoms with Gasteiger partial charge in [-0.3, -0.25) is 4.79 Å². The lowest BCUT2D eigenvalue weighted by Gasteiger charge is -2.07. The molecule has 1 amide bonds. The molecule has 1 heterocycles. The van der Waals surface area contributed by atoms with Crippen molar-refractivity contribution in [3.8, 4) is 5.75 Å². The van der Waals surface area contributed by atoms with Crippen LogP contribution in [0.15, 0.2) is 59.0 Å². The summed E-state index contributed by atoms with van der Waals surface area (Å²) in [6.07, 6.45) is 0. The fourth-order valence-electron chi connectivity index (χ4n) is 2.25. The molecule has 0 aliphatic heterocycles. The lowest BCUT2D eigenvalue weighted by Crippen LogP contribution is -2.21. The summed E-state index contributed by atoms with van der Waals surface area (Å²) in [4.78, 5) is 23.7. The van der Waals surface area contributed by atoms with Gasteiger partial charge in [-0.15, -0.1) is 0 Å². The normalized spacial score (nSPS) is 10.4. The van der Waals surface area contributed by atoms with E-state index < -0.39 is 41.6 Å². The number of halogens is 3. The van der Waals surface area contributed by atoms with Gasteiger partial charge in [0.05, 0.1) is 5.69 Å². The zero-order valence-electron chi connectivity index (χ0n) is 14.8. The van der Waals surface area contributed by atoms with E-state index in [1.807, 2.05) is 11.4 Å². The van der Waals surface area contributed by atoms with Crippen molar-refractivity contribution in [2.45, 2.75) is 6.61 Å². The molecular formula is C20H14F3NO5. The third-order valence-electron chi connectivity index (χ3n) is 3.63.